The van der Waals surface area contributed by atoms with Crippen molar-refractivity contribution >= 4 is 33.8 Å². The molecule has 5 heteroatoms. The van der Waals surface area contributed by atoms with Crippen LogP contribution in [0.5, 0.6) is 0 Å². The van der Waals surface area contributed by atoms with Gasteiger partial charge in [0, 0.05) is 16.4 Å². The van der Waals surface area contributed by atoms with Gasteiger partial charge < -0.3 is 9.67 Å². The zero-order chi connectivity index (χ0) is 17.1. The number of benzene rings is 2. The Morgan fingerprint density at radius 3 is 2.62 bits per heavy atom. The Hall–Kier alpha value is -2.66. The maximum Gasteiger partial charge on any atom is 0.335 e. The SMILES string of the molecule is Cc1ccc(C(=O)O)cc1N=Cc1cccn1-c1ccc(Br)cc1. The van der Waals surface area contributed by atoms with Crippen LogP contribution >= 0.6 is 15.9 Å². The normalized spacial score (nSPS) is 11.1. The third-order valence-electron chi connectivity index (χ3n) is 3.68. The topological polar surface area (TPSA) is 54.6 Å². The number of hydrogen-bond acceptors (Lipinski definition) is 2. The average Bonchev–Trinajstić information content (AvgIpc) is 3.03. The van der Waals surface area contributed by atoms with Crippen LogP contribution in [-0.4, -0.2) is 21.9 Å². The first-order valence-electron chi connectivity index (χ1n) is 7.36. The summed E-state index contributed by atoms with van der Waals surface area (Å²) >= 11 is 3.43. The standard InChI is InChI=1S/C19H15BrN2O2/c1-13-4-5-14(19(23)24)11-18(13)21-12-17-3-2-10-22(17)16-8-6-15(20)7-9-16/h2-12H,1H3,(H,23,24). The van der Waals surface area contributed by atoms with Crippen molar-refractivity contribution in [2.75, 3.05) is 0 Å². The molecule has 0 aliphatic rings. The van der Waals surface area contributed by atoms with Gasteiger partial charge >= 0.3 is 5.97 Å². The van der Waals surface area contributed by atoms with Gasteiger partial charge in [-0.25, -0.2) is 4.79 Å². The second-order valence-corrected chi connectivity index (χ2v) is 6.26. The highest BCUT2D eigenvalue weighted by Gasteiger charge is 2.06. The van der Waals surface area contributed by atoms with Crippen molar-refractivity contribution < 1.29 is 9.90 Å². The summed E-state index contributed by atoms with van der Waals surface area (Å²) in [5.74, 6) is -0.954. The maximum atomic E-state index is 11.1. The third-order valence-corrected chi connectivity index (χ3v) is 4.21. The second kappa shape index (κ2) is 6.84. The molecule has 120 valence electrons. The minimum atomic E-state index is -0.954. The highest BCUT2D eigenvalue weighted by molar-refractivity contribution is 9.10. The lowest BCUT2D eigenvalue weighted by Crippen LogP contribution is -1.98. The van der Waals surface area contributed by atoms with Gasteiger partial charge in [-0.05, 0) is 61.0 Å². The quantitative estimate of drug-likeness (QED) is 0.645. The summed E-state index contributed by atoms with van der Waals surface area (Å²) in [5, 5.41) is 9.11. The Morgan fingerprint density at radius 1 is 1.17 bits per heavy atom. The van der Waals surface area contributed by atoms with Crippen molar-refractivity contribution in [2.45, 2.75) is 6.92 Å². The number of hydrogen-bond donors (Lipinski definition) is 1. The molecule has 3 rings (SSSR count). The predicted octanol–water partition coefficient (Wildman–Crippen LogP) is 5.00. The van der Waals surface area contributed by atoms with Crippen LogP contribution in [0.25, 0.3) is 5.69 Å². The zero-order valence-corrected chi connectivity index (χ0v) is 14.6. The summed E-state index contributed by atoms with van der Waals surface area (Å²) in [5.41, 5.74) is 3.76. The van der Waals surface area contributed by atoms with Gasteiger partial charge in [-0.15, -0.1) is 0 Å². The lowest BCUT2D eigenvalue weighted by atomic mass is 10.1. The predicted molar refractivity (Wildman–Crippen MR) is 98.9 cm³/mol. The molecule has 0 amide bonds. The van der Waals surface area contributed by atoms with E-state index in [2.05, 4.69) is 20.9 Å². The van der Waals surface area contributed by atoms with E-state index in [-0.39, 0.29) is 5.56 Å². The minimum Gasteiger partial charge on any atom is -0.478 e. The summed E-state index contributed by atoms with van der Waals surface area (Å²) in [4.78, 5) is 15.6. The highest BCUT2D eigenvalue weighted by atomic mass is 79.9. The molecular formula is C19H15BrN2O2. The Kier molecular flexibility index (Phi) is 4.62. The van der Waals surface area contributed by atoms with Gasteiger partial charge in [-0.2, -0.15) is 0 Å². The van der Waals surface area contributed by atoms with Crippen LogP contribution in [0, 0.1) is 6.92 Å². The lowest BCUT2D eigenvalue weighted by molar-refractivity contribution is 0.0697. The van der Waals surface area contributed by atoms with E-state index in [1.165, 1.54) is 0 Å². The molecule has 0 spiro atoms. The first kappa shape index (κ1) is 16.2. The van der Waals surface area contributed by atoms with Gasteiger partial charge in [-0.3, -0.25) is 4.99 Å². The van der Waals surface area contributed by atoms with Crippen LogP contribution in [-0.2, 0) is 0 Å². The molecule has 1 N–H and O–H groups in total. The maximum absolute atomic E-state index is 11.1. The fourth-order valence-electron chi connectivity index (χ4n) is 2.35. The van der Waals surface area contributed by atoms with Crippen LogP contribution in [0.2, 0.25) is 0 Å². The van der Waals surface area contributed by atoms with E-state index in [9.17, 15) is 4.79 Å². The lowest BCUT2D eigenvalue weighted by Gasteiger charge is -2.07. The molecule has 0 saturated carbocycles. The summed E-state index contributed by atoms with van der Waals surface area (Å²) in [6, 6.07) is 16.8. The van der Waals surface area contributed by atoms with Crippen LogP contribution in [0.1, 0.15) is 21.6 Å². The van der Waals surface area contributed by atoms with E-state index >= 15 is 0 Å². The number of rotatable bonds is 4. The fraction of sp³-hybridized carbons (Fsp3) is 0.0526. The fourth-order valence-corrected chi connectivity index (χ4v) is 2.62. The molecule has 3 aromatic rings. The van der Waals surface area contributed by atoms with Gasteiger partial charge in [0.25, 0.3) is 0 Å². The van der Waals surface area contributed by atoms with Gasteiger partial charge in [0.1, 0.15) is 0 Å². The van der Waals surface area contributed by atoms with Crippen molar-refractivity contribution in [3.63, 3.8) is 0 Å². The second-order valence-electron chi connectivity index (χ2n) is 5.34. The average molecular weight is 383 g/mol. The molecule has 1 heterocycles. The van der Waals surface area contributed by atoms with Crippen molar-refractivity contribution in [1.82, 2.24) is 4.57 Å². The number of aliphatic imine (C=N–C) groups is 1. The molecule has 0 fully saturated rings. The van der Waals surface area contributed by atoms with Crippen molar-refractivity contribution in [3.05, 3.63) is 82.1 Å². The van der Waals surface area contributed by atoms with Gasteiger partial charge in [-0.1, -0.05) is 22.0 Å². The Morgan fingerprint density at radius 2 is 1.92 bits per heavy atom. The monoisotopic (exact) mass is 382 g/mol. The molecule has 4 nitrogen and oxygen atoms in total. The van der Waals surface area contributed by atoms with Crippen LogP contribution in [0.4, 0.5) is 5.69 Å². The Labute approximate surface area is 148 Å². The summed E-state index contributed by atoms with van der Waals surface area (Å²) < 4.78 is 3.04. The van der Waals surface area contributed by atoms with Crippen molar-refractivity contribution in [3.8, 4) is 5.69 Å². The van der Waals surface area contributed by atoms with E-state index in [1.807, 2.05) is 54.1 Å². The van der Waals surface area contributed by atoms with Gasteiger partial charge in [0.15, 0.2) is 0 Å². The molecule has 0 atom stereocenters. The molecule has 0 bridgehead atoms. The summed E-state index contributed by atoms with van der Waals surface area (Å²) in [7, 11) is 0. The molecular weight excluding hydrogens is 368 g/mol. The highest BCUT2D eigenvalue weighted by Crippen LogP contribution is 2.21. The molecule has 0 aliphatic heterocycles. The van der Waals surface area contributed by atoms with E-state index in [0.717, 1.165) is 21.4 Å². The Bertz CT molecular complexity index is 911. The minimum absolute atomic E-state index is 0.232. The first-order chi connectivity index (χ1) is 11.5. The van der Waals surface area contributed by atoms with Crippen LogP contribution in [0.3, 0.4) is 0 Å². The number of carbonyl (C=O) groups is 1. The van der Waals surface area contributed by atoms with Crippen molar-refractivity contribution in [1.29, 1.82) is 0 Å². The number of halogens is 1. The number of aryl methyl sites for hydroxylation is 1. The molecule has 0 radical (unpaired) electrons. The number of nitrogens with zero attached hydrogens (tertiary/aromatic N) is 2. The Balaban J connectivity index is 1.94. The number of aromatic nitrogens is 1. The van der Waals surface area contributed by atoms with Gasteiger partial charge in [0.05, 0.1) is 23.2 Å². The van der Waals surface area contributed by atoms with Crippen molar-refractivity contribution in [2.24, 2.45) is 4.99 Å². The molecule has 0 unspecified atom stereocenters. The first-order valence-corrected chi connectivity index (χ1v) is 8.15. The zero-order valence-electron chi connectivity index (χ0n) is 13.0. The van der Waals surface area contributed by atoms with Gasteiger partial charge in [0.2, 0.25) is 0 Å². The summed E-state index contributed by atoms with van der Waals surface area (Å²) in [6.07, 6.45) is 3.71. The molecule has 1 aromatic heterocycles. The van der Waals surface area contributed by atoms with E-state index in [0.29, 0.717) is 5.69 Å². The third kappa shape index (κ3) is 3.46. The van der Waals surface area contributed by atoms with Crippen LogP contribution < -0.4 is 0 Å². The number of carboxylic acid groups (broad SMARTS) is 1. The van der Waals surface area contributed by atoms with E-state index < -0.39 is 5.97 Å². The van der Waals surface area contributed by atoms with E-state index in [4.69, 9.17) is 5.11 Å². The van der Waals surface area contributed by atoms with Crippen LogP contribution in [0.15, 0.2) is 70.3 Å². The number of aromatic carboxylic acids is 1. The molecule has 2 aromatic carbocycles. The smallest absolute Gasteiger partial charge is 0.335 e. The van der Waals surface area contributed by atoms with E-state index in [1.54, 1.807) is 24.4 Å². The largest absolute Gasteiger partial charge is 0.478 e. The number of carboxylic acids is 1. The molecule has 24 heavy (non-hydrogen) atoms. The molecule has 0 aliphatic carbocycles. The summed E-state index contributed by atoms with van der Waals surface area (Å²) in [6.45, 7) is 1.91. The molecule has 0 saturated heterocycles.